The molecule has 1 amide bonds. The normalized spacial score (nSPS) is 27.2. The molecule has 0 spiro atoms. The van der Waals surface area contributed by atoms with E-state index in [-0.39, 0.29) is 18.3 Å². The number of thiophene rings is 1. The van der Waals surface area contributed by atoms with Crippen LogP contribution in [0.5, 0.6) is 0 Å². The molecule has 2 atom stereocenters. The van der Waals surface area contributed by atoms with E-state index in [1.165, 1.54) is 25.7 Å². The van der Waals surface area contributed by atoms with Gasteiger partial charge in [0.2, 0.25) is 5.91 Å². The van der Waals surface area contributed by atoms with Gasteiger partial charge in [-0.2, -0.15) is 0 Å². The van der Waals surface area contributed by atoms with Crippen LogP contribution in [0.25, 0.3) is 0 Å². The summed E-state index contributed by atoms with van der Waals surface area (Å²) in [6, 6.07) is 5.22. The van der Waals surface area contributed by atoms with E-state index in [2.05, 4.69) is 5.32 Å². The molecule has 3 rings (SSSR count). The largest absolute Gasteiger partial charge is 0.341 e. The van der Waals surface area contributed by atoms with Crippen molar-refractivity contribution in [3.63, 3.8) is 0 Å². The number of carbonyl (C=O) groups is 1. The van der Waals surface area contributed by atoms with Crippen LogP contribution in [0.15, 0.2) is 12.1 Å². The molecule has 2 bridgehead atoms. The lowest BCUT2D eigenvalue weighted by Crippen LogP contribution is -2.39. The number of fused-ring (bicyclic) bond motifs is 2. The van der Waals surface area contributed by atoms with Crippen molar-refractivity contribution in [2.24, 2.45) is 5.92 Å². The van der Waals surface area contributed by atoms with Crippen LogP contribution in [0, 0.1) is 5.92 Å². The second-order valence-electron chi connectivity index (χ2n) is 6.14. The van der Waals surface area contributed by atoms with Gasteiger partial charge in [0.25, 0.3) is 0 Å². The third-order valence-corrected chi connectivity index (χ3v) is 5.70. The van der Waals surface area contributed by atoms with Crippen LogP contribution in [-0.4, -0.2) is 29.9 Å². The standard InChI is InChI=1S/C15H21ClN2OS.ClH/c1-18(9-13-4-5-14(16)20-13)15(19)8-10-6-11-2-3-12(7-10)17-11;/h4-5,10-12,17H,2-3,6-9H2,1H3;1H. The summed E-state index contributed by atoms with van der Waals surface area (Å²) < 4.78 is 0.788. The Bertz CT molecular complexity index is 482. The van der Waals surface area contributed by atoms with Crippen LogP contribution in [0.4, 0.5) is 0 Å². The van der Waals surface area contributed by atoms with Gasteiger partial charge in [-0.25, -0.2) is 0 Å². The number of hydrogen-bond donors (Lipinski definition) is 1. The second kappa shape index (κ2) is 7.32. The summed E-state index contributed by atoms with van der Waals surface area (Å²) in [7, 11) is 1.89. The number of hydrogen-bond acceptors (Lipinski definition) is 3. The highest BCUT2D eigenvalue weighted by molar-refractivity contribution is 7.16. The number of piperidine rings is 1. The van der Waals surface area contributed by atoms with Gasteiger partial charge in [-0.15, -0.1) is 23.7 Å². The summed E-state index contributed by atoms with van der Waals surface area (Å²) in [5.74, 6) is 0.830. The molecule has 2 fully saturated rings. The van der Waals surface area contributed by atoms with Crippen LogP contribution >= 0.6 is 35.3 Å². The number of nitrogens with one attached hydrogen (secondary N) is 1. The number of amides is 1. The number of rotatable bonds is 4. The van der Waals surface area contributed by atoms with Crippen molar-refractivity contribution in [3.05, 3.63) is 21.3 Å². The van der Waals surface area contributed by atoms with Crippen LogP contribution in [-0.2, 0) is 11.3 Å². The van der Waals surface area contributed by atoms with E-state index in [1.54, 1.807) is 11.3 Å². The fourth-order valence-corrected chi connectivity index (χ4v) is 4.64. The minimum absolute atomic E-state index is 0. The molecule has 3 heterocycles. The van der Waals surface area contributed by atoms with Crippen molar-refractivity contribution in [1.29, 1.82) is 0 Å². The van der Waals surface area contributed by atoms with Gasteiger partial charge in [0.05, 0.1) is 10.9 Å². The predicted octanol–water partition coefficient (Wildman–Crippen LogP) is 3.70. The molecule has 6 heteroatoms. The third kappa shape index (κ3) is 4.35. The lowest BCUT2D eigenvalue weighted by Gasteiger charge is -2.29. The zero-order valence-corrected chi connectivity index (χ0v) is 14.6. The van der Waals surface area contributed by atoms with Gasteiger partial charge in [-0.3, -0.25) is 4.79 Å². The molecule has 1 N–H and O–H groups in total. The molecule has 1 aromatic heterocycles. The first-order valence-electron chi connectivity index (χ1n) is 7.34. The molecular formula is C15H22Cl2N2OS. The van der Waals surface area contributed by atoms with Crippen molar-refractivity contribution in [3.8, 4) is 0 Å². The van der Waals surface area contributed by atoms with E-state index in [9.17, 15) is 4.79 Å². The Balaban J connectivity index is 0.00000161. The quantitative estimate of drug-likeness (QED) is 0.899. The second-order valence-corrected chi connectivity index (χ2v) is 7.93. The Morgan fingerprint density at radius 2 is 2.05 bits per heavy atom. The molecule has 0 aromatic carbocycles. The summed E-state index contributed by atoms with van der Waals surface area (Å²) in [4.78, 5) is 15.3. The first kappa shape index (κ1) is 17.1. The average Bonchev–Trinajstić information content (AvgIpc) is 2.95. The maximum Gasteiger partial charge on any atom is 0.222 e. The maximum absolute atomic E-state index is 12.3. The third-order valence-electron chi connectivity index (χ3n) is 4.48. The average molecular weight is 349 g/mol. The van der Waals surface area contributed by atoms with E-state index in [0.717, 1.165) is 9.21 Å². The molecule has 2 aliphatic heterocycles. The number of nitrogens with zero attached hydrogens (tertiary/aromatic N) is 1. The fourth-order valence-electron chi connectivity index (χ4n) is 3.50. The van der Waals surface area contributed by atoms with E-state index >= 15 is 0 Å². The fraction of sp³-hybridized carbons (Fsp3) is 0.667. The SMILES string of the molecule is CN(Cc1ccc(Cl)s1)C(=O)CC1CC2CCC(C1)N2.Cl. The van der Waals surface area contributed by atoms with Gasteiger partial charge in [0.1, 0.15) is 0 Å². The molecule has 2 saturated heterocycles. The highest BCUT2D eigenvalue weighted by Crippen LogP contribution is 2.33. The first-order valence-corrected chi connectivity index (χ1v) is 8.54. The smallest absolute Gasteiger partial charge is 0.222 e. The highest BCUT2D eigenvalue weighted by atomic mass is 35.5. The highest BCUT2D eigenvalue weighted by Gasteiger charge is 2.34. The molecule has 0 radical (unpaired) electrons. The summed E-state index contributed by atoms with van der Waals surface area (Å²) in [6.07, 6.45) is 5.61. The molecule has 1 aromatic rings. The van der Waals surface area contributed by atoms with Crippen molar-refractivity contribution in [1.82, 2.24) is 10.2 Å². The summed E-state index contributed by atoms with van der Waals surface area (Å²) in [5, 5.41) is 3.63. The van der Waals surface area contributed by atoms with Gasteiger partial charge >= 0.3 is 0 Å². The number of halogens is 2. The lowest BCUT2D eigenvalue weighted by molar-refractivity contribution is -0.131. The van der Waals surface area contributed by atoms with Gasteiger partial charge in [-0.05, 0) is 43.7 Å². The summed E-state index contributed by atoms with van der Waals surface area (Å²) >= 11 is 7.48. The van der Waals surface area contributed by atoms with Gasteiger partial charge < -0.3 is 10.2 Å². The topological polar surface area (TPSA) is 32.3 Å². The van der Waals surface area contributed by atoms with Crippen molar-refractivity contribution < 1.29 is 4.79 Å². The Morgan fingerprint density at radius 3 is 2.62 bits per heavy atom. The van der Waals surface area contributed by atoms with Crippen molar-refractivity contribution in [2.75, 3.05) is 7.05 Å². The molecular weight excluding hydrogens is 327 g/mol. The molecule has 0 aliphatic carbocycles. The number of carbonyl (C=O) groups excluding carboxylic acids is 1. The van der Waals surface area contributed by atoms with Crippen LogP contribution in [0.2, 0.25) is 4.34 Å². The molecule has 3 nitrogen and oxygen atoms in total. The minimum Gasteiger partial charge on any atom is -0.341 e. The lowest BCUT2D eigenvalue weighted by atomic mass is 9.89. The summed E-state index contributed by atoms with van der Waals surface area (Å²) in [6.45, 7) is 0.675. The van der Waals surface area contributed by atoms with Crippen LogP contribution < -0.4 is 5.32 Å². The Labute approximate surface area is 141 Å². The van der Waals surface area contributed by atoms with E-state index in [1.807, 2.05) is 24.1 Å². The van der Waals surface area contributed by atoms with Gasteiger partial charge in [-0.1, -0.05) is 11.6 Å². The van der Waals surface area contributed by atoms with E-state index in [4.69, 9.17) is 11.6 Å². The van der Waals surface area contributed by atoms with Gasteiger partial charge in [0.15, 0.2) is 0 Å². The van der Waals surface area contributed by atoms with E-state index < -0.39 is 0 Å². The maximum atomic E-state index is 12.3. The van der Waals surface area contributed by atoms with Crippen molar-refractivity contribution in [2.45, 2.75) is 50.7 Å². The molecule has 2 aliphatic rings. The molecule has 118 valence electrons. The zero-order valence-electron chi connectivity index (χ0n) is 12.2. The minimum atomic E-state index is 0. The monoisotopic (exact) mass is 348 g/mol. The Morgan fingerprint density at radius 1 is 1.38 bits per heavy atom. The molecule has 2 unspecified atom stereocenters. The van der Waals surface area contributed by atoms with Crippen molar-refractivity contribution >= 4 is 41.3 Å². The van der Waals surface area contributed by atoms with Gasteiger partial charge in [0, 0.05) is 30.4 Å². The molecule has 21 heavy (non-hydrogen) atoms. The summed E-state index contributed by atoms with van der Waals surface area (Å²) in [5.41, 5.74) is 0. The predicted molar refractivity (Wildman–Crippen MR) is 90.3 cm³/mol. The first-order chi connectivity index (χ1) is 9.60. The van der Waals surface area contributed by atoms with E-state index in [0.29, 0.717) is 31.0 Å². The Kier molecular flexibility index (Phi) is 5.95. The zero-order chi connectivity index (χ0) is 14.1. The Hall–Kier alpha value is -0.290. The van der Waals surface area contributed by atoms with Crippen LogP contribution in [0.1, 0.15) is 37.0 Å². The van der Waals surface area contributed by atoms with Crippen LogP contribution in [0.3, 0.4) is 0 Å². The molecule has 0 saturated carbocycles.